The third-order valence-corrected chi connectivity index (χ3v) is 3.76. The minimum absolute atomic E-state index is 0.162. The van der Waals surface area contributed by atoms with E-state index in [4.69, 9.17) is 15.3 Å². The molecule has 1 atom stereocenters. The molecule has 0 fully saturated rings. The summed E-state index contributed by atoms with van der Waals surface area (Å²) in [6.45, 7) is 4.02. The van der Waals surface area contributed by atoms with Crippen LogP contribution in [0.4, 0.5) is 0 Å². The molecule has 0 radical (unpaired) electrons. The Bertz CT molecular complexity index is 379. The van der Waals surface area contributed by atoms with Crippen molar-refractivity contribution in [3.63, 3.8) is 0 Å². The average molecular weight is 324 g/mol. The summed E-state index contributed by atoms with van der Waals surface area (Å²) < 4.78 is 0. The number of aliphatic carboxylic acids is 1. The lowest BCUT2D eigenvalue weighted by atomic mass is 10.0. The molecule has 0 spiro atoms. The van der Waals surface area contributed by atoms with Gasteiger partial charge < -0.3 is 15.3 Å². The number of unbranched alkanes of at least 4 members (excludes halogenated alkanes) is 7. The van der Waals surface area contributed by atoms with Crippen LogP contribution in [0.15, 0.2) is 24.3 Å². The molecular weight excluding hydrogens is 292 g/mol. The fraction of sp³-hybridized carbons (Fsp3) is 0.632. The van der Waals surface area contributed by atoms with E-state index in [9.17, 15) is 4.79 Å². The first kappa shape index (κ1) is 21.3. The monoisotopic (exact) mass is 324 g/mol. The maximum atomic E-state index is 10.5. The summed E-state index contributed by atoms with van der Waals surface area (Å²) >= 11 is 0. The highest BCUT2D eigenvalue weighted by atomic mass is 16.4. The van der Waals surface area contributed by atoms with Gasteiger partial charge in [0.15, 0.2) is 0 Å². The minimum Gasteiger partial charge on any atom is -0.508 e. The molecule has 1 aromatic rings. The zero-order valence-corrected chi connectivity index (χ0v) is 14.5. The number of phenols is 2. The Morgan fingerprint density at radius 3 is 1.65 bits per heavy atom. The number of aromatic hydroxyl groups is 2. The van der Waals surface area contributed by atoms with E-state index in [1.54, 1.807) is 6.92 Å². The van der Waals surface area contributed by atoms with Crippen molar-refractivity contribution in [1.82, 2.24) is 0 Å². The fourth-order valence-corrected chi connectivity index (χ4v) is 2.16. The molecule has 1 rings (SSSR count). The second kappa shape index (κ2) is 13.9. The first-order chi connectivity index (χ1) is 11.0. The number of rotatable bonds is 10. The molecule has 0 aliphatic heterocycles. The van der Waals surface area contributed by atoms with Crippen molar-refractivity contribution in [3.8, 4) is 11.5 Å². The van der Waals surface area contributed by atoms with Crippen molar-refractivity contribution in [2.75, 3.05) is 0 Å². The molecule has 3 N–H and O–H groups in total. The van der Waals surface area contributed by atoms with Gasteiger partial charge in [0.05, 0.1) is 5.92 Å². The standard InChI is InChI=1S/C13H26O2.C6H6O2/c1-3-4-5-6-7-8-9-10-11-12(2)13(14)15;7-5-1-2-6(8)4-3-5/h12H,3-11H2,1-2H3,(H,14,15);1-4,7-8H. The first-order valence-corrected chi connectivity index (χ1v) is 8.68. The van der Waals surface area contributed by atoms with Crippen LogP contribution in [0.5, 0.6) is 11.5 Å². The van der Waals surface area contributed by atoms with Crippen molar-refractivity contribution in [2.45, 2.75) is 71.6 Å². The summed E-state index contributed by atoms with van der Waals surface area (Å²) in [5.74, 6) is -0.478. The van der Waals surface area contributed by atoms with Crippen LogP contribution in [-0.2, 0) is 4.79 Å². The van der Waals surface area contributed by atoms with Gasteiger partial charge in [0.1, 0.15) is 11.5 Å². The Kier molecular flexibility index (Phi) is 12.9. The lowest BCUT2D eigenvalue weighted by Gasteiger charge is -2.05. The van der Waals surface area contributed by atoms with Gasteiger partial charge in [0, 0.05) is 0 Å². The van der Waals surface area contributed by atoms with E-state index in [2.05, 4.69) is 6.92 Å². The number of carbonyl (C=O) groups is 1. The van der Waals surface area contributed by atoms with Crippen molar-refractivity contribution in [1.29, 1.82) is 0 Å². The molecule has 1 aromatic carbocycles. The van der Waals surface area contributed by atoms with Crippen molar-refractivity contribution < 1.29 is 20.1 Å². The van der Waals surface area contributed by atoms with Crippen molar-refractivity contribution >= 4 is 5.97 Å². The molecule has 0 aromatic heterocycles. The molecule has 1 unspecified atom stereocenters. The van der Waals surface area contributed by atoms with Gasteiger partial charge >= 0.3 is 5.97 Å². The van der Waals surface area contributed by atoms with E-state index in [1.807, 2.05) is 0 Å². The third kappa shape index (κ3) is 13.7. The number of carboxylic acids is 1. The molecular formula is C19H32O4. The van der Waals surface area contributed by atoms with E-state index in [-0.39, 0.29) is 17.4 Å². The van der Waals surface area contributed by atoms with Crippen LogP contribution in [0.2, 0.25) is 0 Å². The van der Waals surface area contributed by atoms with Crippen LogP contribution >= 0.6 is 0 Å². The van der Waals surface area contributed by atoms with Crippen molar-refractivity contribution in [2.24, 2.45) is 5.92 Å². The van der Waals surface area contributed by atoms with Gasteiger partial charge in [-0.05, 0) is 30.7 Å². The van der Waals surface area contributed by atoms with E-state index < -0.39 is 5.97 Å². The van der Waals surface area contributed by atoms with Gasteiger partial charge in [-0.1, -0.05) is 65.2 Å². The number of phenolic OH excluding ortho intramolecular Hbond substituents is 2. The molecule has 23 heavy (non-hydrogen) atoms. The highest BCUT2D eigenvalue weighted by molar-refractivity contribution is 5.69. The minimum atomic E-state index is -0.655. The topological polar surface area (TPSA) is 77.8 Å². The van der Waals surface area contributed by atoms with Gasteiger partial charge in [0.25, 0.3) is 0 Å². The van der Waals surface area contributed by atoms with Crippen LogP contribution in [-0.4, -0.2) is 21.3 Å². The molecule has 0 heterocycles. The quantitative estimate of drug-likeness (QED) is 0.401. The van der Waals surface area contributed by atoms with Crippen LogP contribution in [0.3, 0.4) is 0 Å². The van der Waals surface area contributed by atoms with Gasteiger partial charge in [-0.15, -0.1) is 0 Å². The lowest BCUT2D eigenvalue weighted by molar-refractivity contribution is -0.141. The average Bonchev–Trinajstić information content (AvgIpc) is 2.53. The number of benzene rings is 1. The highest BCUT2D eigenvalue weighted by Crippen LogP contribution is 2.13. The SMILES string of the molecule is CCCCCCCCCCC(C)C(=O)O.Oc1ccc(O)cc1. The van der Waals surface area contributed by atoms with Gasteiger partial charge in [-0.2, -0.15) is 0 Å². The molecule has 132 valence electrons. The second-order valence-corrected chi connectivity index (χ2v) is 6.02. The number of hydrogen-bond donors (Lipinski definition) is 3. The van der Waals surface area contributed by atoms with Crippen LogP contribution in [0.1, 0.15) is 71.6 Å². The van der Waals surface area contributed by atoms with Gasteiger partial charge in [0.2, 0.25) is 0 Å². The zero-order chi connectivity index (χ0) is 17.5. The Balaban J connectivity index is 0.000000502. The first-order valence-electron chi connectivity index (χ1n) is 8.68. The Morgan fingerprint density at radius 1 is 0.870 bits per heavy atom. The third-order valence-electron chi connectivity index (χ3n) is 3.76. The van der Waals surface area contributed by atoms with Crippen molar-refractivity contribution in [3.05, 3.63) is 24.3 Å². The molecule has 4 nitrogen and oxygen atoms in total. The molecule has 0 aliphatic rings. The Labute approximate surface area is 140 Å². The molecule has 4 heteroatoms. The van der Waals surface area contributed by atoms with Crippen LogP contribution < -0.4 is 0 Å². The summed E-state index contributed by atoms with van der Waals surface area (Å²) in [7, 11) is 0. The largest absolute Gasteiger partial charge is 0.508 e. The summed E-state index contributed by atoms with van der Waals surface area (Å²) in [5.41, 5.74) is 0. The summed E-state index contributed by atoms with van der Waals surface area (Å²) in [5, 5.41) is 26.0. The highest BCUT2D eigenvalue weighted by Gasteiger charge is 2.09. The molecule has 0 bridgehead atoms. The van der Waals surface area contributed by atoms with E-state index in [0.29, 0.717) is 0 Å². The zero-order valence-electron chi connectivity index (χ0n) is 14.5. The molecule has 0 aliphatic carbocycles. The van der Waals surface area contributed by atoms with E-state index in [0.717, 1.165) is 12.8 Å². The molecule has 0 amide bonds. The second-order valence-electron chi connectivity index (χ2n) is 6.02. The fourth-order valence-electron chi connectivity index (χ4n) is 2.16. The predicted molar refractivity (Wildman–Crippen MR) is 93.8 cm³/mol. The number of carboxylic acid groups (broad SMARTS) is 1. The summed E-state index contributed by atoms with van der Waals surface area (Å²) in [6, 6.07) is 5.70. The van der Waals surface area contributed by atoms with E-state index in [1.165, 1.54) is 69.2 Å². The Hall–Kier alpha value is -1.71. The normalized spacial score (nSPS) is 11.4. The molecule has 0 saturated carbocycles. The summed E-state index contributed by atoms with van der Waals surface area (Å²) in [6.07, 6.45) is 11.1. The maximum Gasteiger partial charge on any atom is 0.306 e. The smallest absolute Gasteiger partial charge is 0.306 e. The maximum absolute atomic E-state index is 10.5. The van der Waals surface area contributed by atoms with Gasteiger partial charge in [-0.25, -0.2) is 0 Å². The lowest BCUT2D eigenvalue weighted by Crippen LogP contribution is -2.08. The molecule has 0 saturated heterocycles. The predicted octanol–water partition coefficient (Wildman–Crippen LogP) is 5.34. The number of hydrogen-bond acceptors (Lipinski definition) is 3. The van der Waals surface area contributed by atoms with Crippen LogP contribution in [0.25, 0.3) is 0 Å². The van der Waals surface area contributed by atoms with E-state index >= 15 is 0 Å². The van der Waals surface area contributed by atoms with Crippen LogP contribution in [0, 0.1) is 5.92 Å². The Morgan fingerprint density at radius 2 is 1.26 bits per heavy atom. The van der Waals surface area contributed by atoms with Gasteiger partial charge in [-0.3, -0.25) is 4.79 Å². The summed E-state index contributed by atoms with van der Waals surface area (Å²) in [4.78, 5) is 10.5.